The smallest absolute Gasteiger partial charge is 0.252 e. The fourth-order valence-corrected chi connectivity index (χ4v) is 2.77. The molecular formula is C15H18N6O. The molecule has 0 aromatic carbocycles. The van der Waals surface area contributed by atoms with E-state index < -0.39 is 5.91 Å². The first-order valence-corrected chi connectivity index (χ1v) is 7.29. The number of primary amides is 1. The van der Waals surface area contributed by atoms with E-state index in [1.165, 1.54) is 6.20 Å². The van der Waals surface area contributed by atoms with Gasteiger partial charge < -0.3 is 10.6 Å². The van der Waals surface area contributed by atoms with Gasteiger partial charge in [0.2, 0.25) is 0 Å². The minimum Gasteiger partial charge on any atom is -0.365 e. The summed E-state index contributed by atoms with van der Waals surface area (Å²) in [6, 6.07) is 0. The summed E-state index contributed by atoms with van der Waals surface area (Å²) in [5, 5.41) is 0. The lowest BCUT2D eigenvalue weighted by atomic mass is 9.97. The van der Waals surface area contributed by atoms with Crippen molar-refractivity contribution < 1.29 is 4.79 Å². The molecule has 0 unspecified atom stereocenters. The Labute approximate surface area is 128 Å². The van der Waals surface area contributed by atoms with E-state index in [-0.39, 0.29) is 5.92 Å². The van der Waals surface area contributed by atoms with Gasteiger partial charge in [-0.25, -0.2) is 15.0 Å². The van der Waals surface area contributed by atoms with Crippen LogP contribution in [0.2, 0.25) is 0 Å². The van der Waals surface area contributed by atoms with Crippen LogP contribution in [-0.2, 0) is 0 Å². The Kier molecular flexibility index (Phi) is 3.95. The van der Waals surface area contributed by atoms with Crippen molar-refractivity contribution in [3.63, 3.8) is 0 Å². The Hall–Kier alpha value is -2.57. The van der Waals surface area contributed by atoms with Gasteiger partial charge in [-0.1, -0.05) is 0 Å². The number of carbonyl (C=O) groups excluding carboxylic acids is 1. The predicted octanol–water partition coefficient (Wildman–Crippen LogP) is 1.06. The van der Waals surface area contributed by atoms with Crippen molar-refractivity contribution in [1.29, 1.82) is 0 Å². The highest BCUT2D eigenvalue weighted by Gasteiger charge is 2.25. The lowest BCUT2D eigenvalue weighted by Crippen LogP contribution is -2.35. The molecule has 22 heavy (non-hydrogen) atoms. The molecule has 3 heterocycles. The number of carbonyl (C=O) groups is 1. The first-order chi connectivity index (χ1) is 10.6. The fourth-order valence-electron chi connectivity index (χ4n) is 2.77. The monoisotopic (exact) mass is 298 g/mol. The largest absolute Gasteiger partial charge is 0.365 e. The number of nitrogens with two attached hydrogens (primary N) is 1. The van der Waals surface area contributed by atoms with Crippen LogP contribution in [0.4, 0.5) is 5.82 Å². The normalized spacial score (nSPS) is 18.2. The summed E-state index contributed by atoms with van der Waals surface area (Å²) in [4.78, 5) is 30.7. The lowest BCUT2D eigenvalue weighted by molar-refractivity contribution is 0.0999. The van der Waals surface area contributed by atoms with Gasteiger partial charge in [0.05, 0.1) is 17.5 Å². The number of hydrogen-bond donors (Lipinski definition) is 1. The number of hydrogen-bond acceptors (Lipinski definition) is 6. The van der Waals surface area contributed by atoms with Gasteiger partial charge >= 0.3 is 0 Å². The summed E-state index contributed by atoms with van der Waals surface area (Å²) < 4.78 is 0. The molecule has 1 saturated heterocycles. The van der Waals surface area contributed by atoms with Crippen LogP contribution < -0.4 is 10.6 Å². The molecule has 0 bridgehead atoms. The molecule has 2 N–H and O–H groups in total. The number of nitrogens with zero attached hydrogens (tertiary/aromatic N) is 5. The number of anilines is 1. The highest BCUT2D eigenvalue weighted by atomic mass is 16.1. The van der Waals surface area contributed by atoms with Crippen molar-refractivity contribution in [3.8, 4) is 0 Å². The lowest BCUT2D eigenvalue weighted by Gasteiger charge is -2.32. The summed E-state index contributed by atoms with van der Waals surface area (Å²) in [6.45, 7) is 3.54. The molecule has 7 nitrogen and oxygen atoms in total. The van der Waals surface area contributed by atoms with E-state index in [4.69, 9.17) is 5.73 Å². The Morgan fingerprint density at radius 1 is 1.32 bits per heavy atom. The first-order valence-electron chi connectivity index (χ1n) is 7.29. The van der Waals surface area contributed by atoms with Crippen LogP contribution in [0.15, 0.2) is 24.8 Å². The summed E-state index contributed by atoms with van der Waals surface area (Å²) >= 11 is 0. The SMILES string of the molecule is Cc1nc([C@@H]2CCCN(c3cnccn3)C2)ncc1C(N)=O. The van der Waals surface area contributed by atoms with E-state index in [1.807, 2.05) is 0 Å². The number of amides is 1. The molecule has 114 valence electrons. The molecule has 1 amide bonds. The number of aromatic nitrogens is 4. The van der Waals surface area contributed by atoms with Crippen LogP contribution in [0, 0.1) is 6.92 Å². The fraction of sp³-hybridized carbons (Fsp3) is 0.400. The van der Waals surface area contributed by atoms with E-state index in [0.717, 1.165) is 37.6 Å². The Bertz CT molecular complexity index is 675. The molecule has 0 saturated carbocycles. The maximum absolute atomic E-state index is 11.3. The van der Waals surface area contributed by atoms with E-state index in [2.05, 4.69) is 24.8 Å². The number of rotatable bonds is 3. The van der Waals surface area contributed by atoms with Crippen molar-refractivity contribution in [2.45, 2.75) is 25.7 Å². The third-order valence-corrected chi connectivity index (χ3v) is 3.92. The van der Waals surface area contributed by atoms with Crippen LogP contribution in [0.5, 0.6) is 0 Å². The topological polar surface area (TPSA) is 97.9 Å². The van der Waals surface area contributed by atoms with Gasteiger partial charge in [0.1, 0.15) is 11.6 Å². The maximum Gasteiger partial charge on any atom is 0.252 e. The zero-order chi connectivity index (χ0) is 15.5. The Morgan fingerprint density at radius 3 is 2.86 bits per heavy atom. The summed E-state index contributed by atoms with van der Waals surface area (Å²) in [5.74, 6) is 1.36. The quantitative estimate of drug-likeness (QED) is 0.909. The number of aryl methyl sites for hydroxylation is 1. The number of piperidine rings is 1. The molecule has 7 heteroatoms. The molecular weight excluding hydrogens is 280 g/mol. The molecule has 1 aliphatic heterocycles. The molecule has 0 spiro atoms. The molecule has 1 fully saturated rings. The summed E-state index contributed by atoms with van der Waals surface area (Å²) in [6.07, 6.45) is 8.72. The van der Waals surface area contributed by atoms with E-state index >= 15 is 0 Å². The average Bonchev–Trinajstić information content (AvgIpc) is 2.55. The first kappa shape index (κ1) is 14.4. The van der Waals surface area contributed by atoms with Gasteiger partial charge in [-0.15, -0.1) is 0 Å². The second-order valence-corrected chi connectivity index (χ2v) is 5.44. The minimum absolute atomic E-state index is 0.219. The molecule has 3 rings (SSSR count). The van der Waals surface area contributed by atoms with Crippen LogP contribution in [0.3, 0.4) is 0 Å². The average molecular weight is 298 g/mol. The molecule has 1 aliphatic rings. The van der Waals surface area contributed by atoms with Crippen LogP contribution in [-0.4, -0.2) is 38.9 Å². The van der Waals surface area contributed by atoms with Gasteiger partial charge in [0.15, 0.2) is 0 Å². The third-order valence-electron chi connectivity index (χ3n) is 3.92. The van der Waals surface area contributed by atoms with E-state index in [0.29, 0.717) is 11.3 Å². The molecule has 1 atom stereocenters. The van der Waals surface area contributed by atoms with Gasteiger partial charge in [-0.3, -0.25) is 9.78 Å². The van der Waals surface area contributed by atoms with Crippen molar-refractivity contribution in [1.82, 2.24) is 19.9 Å². The standard InChI is InChI=1S/C15H18N6O/c1-10-12(14(16)22)7-19-15(20-10)11-3-2-6-21(9-11)13-8-17-4-5-18-13/h4-5,7-8,11H,2-3,6,9H2,1H3,(H2,16,22)/t11-/m1/s1. The molecule has 2 aromatic rings. The van der Waals surface area contributed by atoms with Crippen molar-refractivity contribution in [2.24, 2.45) is 5.73 Å². The van der Waals surface area contributed by atoms with E-state index in [9.17, 15) is 4.79 Å². The van der Waals surface area contributed by atoms with Gasteiger partial charge in [0.25, 0.3) is 5.91 Å². The second-order valence-electron chi connectivity index (χ2n) is 5.44. The van der Waals surface area contributed by atoms with E-state index in [1.54, 1.807) is 25.5 Å². The van der Waals surface area contributed by atoms with Gasteiger partial charge in [0, 0.05) is 37.6 Å². The Balaban J connectivity index is 1.80. The highest BCUT2D eigenvalue weighted by Crippen LogP contribution is 2.27. The van der Waals surface area contributed by atoms with Gasteiger partial charge in [-0.05, 0) is 19.8 Å². The molecule has 2 aromatic heterocycles. The second kappa shape index (κ2) is 6.05. The summed E-state index contributed by atoms with van der Waals surface area (Å²) in [7, 11) is 0. The minimum atomic E-state index is -0.492. The van der Waals surface area contributed by atoms with Gasteiger partial charge in [-0.2, -0.15) is 0 Å². The maximum atomic E-state index is 11.3. The predicted molar refractivity (Wildman–Crippen MR) is 81.5 cm³/mol. The van der Waals surface area contributed by atoms with Crippen molar-refractivity contribution in [3.05, 3.63) is 41.9 Å². The zero-order valence-corrected chi connectivity index (χ0v) is 12.4. The van der Waals surface area contributed by atoms with Crippen LogP contribution in [0.25, 0.3) is 0 Å². The Morgan fingerprint density at radius 2 is 2.18 bits per heavy atom. The highest BCUT2D eigenvalue weighted by molar-refractivity contribution is 5.93. The van der Waals surface area contributed by atoms with Crippen molar-refractivity contribution in [2.75, 3.05) is 18.0 Å². The summed E-state index contributed by atoms with van der Waals surface area (Å²) in [5.41, 5.74) is 6.31. The molecule has 0 aliphatic carbocycles. The van der Waals surface area contributed by atoms with Crippen LogP contribution >= 0.6 is 0 Å². The molecule has 0 radical (unpaired) electrons. The zero-order valence-electron chi connectivity index (χ0n) is 12.4. The van der Waals surface area contributed by atoms with Crippen molar-refractivity contribution >= 4 is 11.7 Å². The third kappa shape index (κ3) is 2.88. The van der Waals surface area contributed by atoms with Crippen LogP contribution in [0.1, 0.15) is 40.6 Å².